The molecule has 2 amide bonds. The zero-order valence-corrected chi connectivity index (χ0v) is 26.3. The number of ether oxygens (including phenoxy) is 5. The number of methoxy groups -OCH3 is 3. The molecule has 3 heterocycles. The fourth-order valence-electron chi connectivity index (χ4n) is 7.00. The number of hydrogen-bond acceptors (Lipinski definition) is 8. The van der Waals surface area contributed by atoms with Crippen LogP contribution < -0.4 is 24.3 Å². The van der Waals surface area contributed by atoms with Gasteiger partial charge >= 0.3 is 6.09 Å². The third kappa shape index (κ3) is 5.36. The highest BCUT2D eigenvalue weighted by Crippen LogP contribution is 2.61. The standard InChI is InChI=1S/C35H40N2O8/c1-5-6-7-8-11-35-26-19-32-31(44-13-14-45-32)16-22(26)15-27(35)24-17-29(40-2)30(41-3)18-25(24)28(37(35)34(39)42-4)20-33(38)36-21-23-10-9-12-43-23/h9-10,12,15-19,28H,5-8,11,13-14,20-21H2,1-4H3,(H,36,38). The average molecular weight is 617 g/mol. The molecule has 0 fully saturated rings. The van der Waals surface area contributed by atoms with Crippen molar-refractivity contribution in [1.29, 1.82) is 0 Å². The predicted octanol–water partition coefficient (Wildman–Crippen LogP) is 6.62. The molecule has 238 valence electrons. The molecule has 10 heteroatoms. The van der Waals surface area contributed by atoms with E-state index in [4.69, 9.17) is 28.1 Å². The summed E-state index contributed by atoms with van der Waals surface area (Å²) in [5.41, 5.74) is 3.51. The number of fused-ring (bicyclic) bond motifs is 6. The summed E-state index contributed by atoms with van der Waals surface area (Å²) in [6.45, 7) is 3.31. The molecule has 2 atom stereocenters. The molecule has 0 saturated carbocycles. The van der Waals surface area contributed by atoms with E-state index in [0.29, 0.717) is 48.4 Å². The Morgan fingerprint density at radius 2 is 1.76 bits per heavy atom. The number of benzene rings is 2. The Morgan fingerprint density at radius 3 is 2.44 bits per heavy atom. The monoisotopic (exact) mass is 616 g/mol. The molecule has 1 aromatic heterocycles. The largest absolute Gasteiger partial charge is 0.493 e. The van der Waals surface area contributed by atoms with Gasteiger partial charge in [-0.3, -0.25) is 9.69 Å². The van der Waals surface area contributed by atoms with E-state index in [0.717, 1.165) is 53.5 Å². The van der Waals surface area contributed by atoms with Crippen LogP contribution in [0.15, 0.2) is 47.1 Å². The highest BCUT2D eigenvalue weighted by Gasteiger charge is 2.56. The van der Waals surface area contributed by atoms with Crippen LogP contribution in [-0.4, -0.2) is 51.4 Å². The third-order valence-electron chi connectivity index (χ3n) is 9.02. The summed E-state index contributed by atoms with van der Waals surface area (Å²) in [5, 5.41) is 2.97. The van der Waals surface area contributed by atoms with Crippen LogP contribution in [0.1, 0.15) is 79.5 Å². The Bertz CT molecular complexity index is 1600. The predicted molar refractivity (Wildman–Crippen MR) is 167 cm³/mol. The quantitative estimate of drug-likeness (QED) is 0.240. The fraction of sp³-hybridized carbons (Fsp3) is 0.429. The van der Waals surface area contributed by atoms with Crippen molar-refractivity contribution in [3.63, 3.8) is 0 Å². The first-order valence-corrected chi connectivity index (χ1v) is 15.5. The van der Waals surface area contributed by atoms with E-state index in [9.17, 15) is 9.59 Å². The molecule has 1 aliphatic carbocycles. The number of nitrogens with one attached hydrogen (secondary N) is 1. The molecule has 2 aliphatic heterocycles. The summed E-state index contributed by atoms with van der Waals surface area (Å²) in [5.74, 6) is 2.77. The van der Waals surface area contributed by atoms with Crippen molar-refractivity contribution < 1.29 is 37.7 Å². The summed E-state index contributed by atoms with van der Waals surface area (Å²) >= 11 is 0. The van der Waals surface area contributed by atoms with Crippen molar-refractivity contribution in [3.05, 3.63) is 70.7 Å². The lowest BCUT2D eigenvalue weighted by molar-refractivity contribution is -0.123. The number of furan rings is 1. The Labute approximate surface area is 263 Å². The number of unbranched alkanes of at least 4 members (excludes halogenated alkanes) is 3. The summed E-state index contributed by atoms with van der Waals surface area (Å²) < 4.78 is 34.4. The molecular weight excluding hydrogens is 576 g/mol. The van der Waals surface area contributed by atoms with Gasteiger partial charge in [-0.2, -0.15) is 0 Å². The average Bonchev–Trinajstić information content (AvgIpc) is 3.70. The van der Waals surface area contributed by atoms with E-state index in [1.54, 1.807) is 37.5 Å². The zero-order valence-electron chi connectivity index (χ0n) is 26.3. The second kappa shape index (κ2) is 12.8. The summed E-state index contributed by atoms with van der Waals surface area (Å²) in [6.07, 6.45) is 7.77. The minimum atomic E-state index is -0.940. The van der Waals surface area contributed by atoms with Gasteiger partial charge in [0.15, 0.2) is 23.0 Å². The van der Waals surface area contributed by atoms with Crippen LogP contribution in [0.3, 0.4) is 0 Å². The summed E-state index contributed by atoms with van der Waals surface area (Å²) in [7, 11) is 4.56. The van der Waals surface area contributed by atoms with Crippen molar-refractivity contribution >= 4 is 23.6 Å². The van der Waals surface area contributed by atoms with E-state index >= 15 is 0 Å². The first kappa shape index (κ1) is 30.4. The Hall–Kier alpha value is -4.60. The second-order valence-electron chi connectivity index (χ2n) is 11.5. The van der Waals surface area contributed by atoms with Crippen molar-refractivity contribution in [3.8, 4) is 23.0 Å². The molecule has 1 N–H and O–H groups in total. The lowest BCUT2D eigenvalue weighted by Crippen LogP contribution is -2.54. The molecule has 2 aromatic carbocycles. The molecule has 45 heavy (non-hydrogen) atoms. The molecule has 2 unspecified atom stereocenters. The molecule has 3 aromatic rings. The van der Waals surface area contributed by atoms with E-state index in [1.807, 2.05) is 24.3 Å². The summed E-state index contributed by atoms with van der Waals surface area (Å²) in [4.78, 5) is 29.6. The maximum Gasteiger partial charge on any atom is 0.411 e. The summed E-state index contributed by atoms with van der Waals surface area (Å²) in [6, 6.07) is 10.7. The SMILES string of the molecule is CCCCCCC12C(=Cc3cc4c(cc31)OCCO4)c1cc(OC)c(OC)cc1C(CC(=O)NCc1ccco1)N2C(=O)OC. The van der Waals surface area contributed by atoms with Crippen molar-refractivity contribution in [1.82, 2.24) is 10.2 Å². The smallest absolute Gasteiger partial charge is 0.411 e. The zero-order chi connectivity index (χ0) is 31.6. The molecule has 0 bridgehead atoms. The molecule has 0 spiro atoms. The highest BCUT2D eigenvalue weighted by atomic mass is 16.6. The van der Waals surface area contributed by atoms with Gasteiger partial charge in [0.25, 0.3) is 0 Å². The van der Waals surface area contributed by atoms with Crippen LogP contribution in [0.5, 0.6) is 23.0 Å². The highest BCUT2D eigenvalue weighted by molar-refractivity contribution is 6.00. The normalized spacial score (nSPS) is 19.2. The van der Waals surface area contributed by atoms with Crippen molar-refractivity contribution in [2.24, 2.45) is 0 Å². The molecule has 6 rings (SSSR count). The first-order valence-electron chi connectivity index (χ1n) is 15.5. The maximum absolute atomic E-state index is 14.1. The minimum absolute atomic E-state index is 0.0117. The van der Waals surface area contributed by atoms with E-state index < -0.39 is 17.7 Å². The van der Waals surface area contributed by atoms with E-state index in [-0.39, 0.29) is 18.9 Å². The van der Waals surface area contributed by atoms with E-state index in [2.05, 4.69) is 18.3 Å². The first-order chi connectivity index (χ1) is 21.9. The van der Waals surface area contributed by atoms with Gasteiger partial charge in [-0.15, -0.1) is 0 Å². The lowest BCUT2D eigenvalue weighted by Gasteiger charge is -2.51. The molecule has 0 saturated heterocycles. The number of carbonyl (C=O) groups is 2. The van der Waals surface area contributed by atoms with Crippen LogP contribution in [-0.2, 0) is 21.6 Å². The van der Waals surface area contributed by atoms with Gasteiger partial charge < -0.3 is 33.4 Å². The number of rotatable bonds is 11. The van der Waals surface area contributed by atoms with Gasteiger partial charge in [0.2, 0.25) is 5.91 Å². The van der Waals surface area contributed by atoms with Crippen LogP contribution >= 0.6 is 0 Å². The second-order valence-corrected chi connectivity index (χ2v) is 11.5. The van der Waals surface area contributed by atoms with Gasteiger partial charge in [0, 0.05) is 0 Å². The third-order valence-corrected chi connectivity index (χ3v) is 9.02. The van der Waals surface area contributed by atoms with Crippen molar-refractivity contribution in [2.45, 2.75) is 63.6 Å². The van der Waals surface area contributed by atoms with Gasteiger partial charge in [-0.1, -0.05) is 32.6 Å². The molecule has 0 radical (unpaired) electrons. The molecule has 10 nitrogen and oxygen atoms in total. The van der Waals surface area contributed by atoms with Crippen LogP contribution in [0.2, 0.25) is 0 Å². The van der Waals surface area contributed by atoms with Crippen LogP contribution in [0.25, 0.3) is 11.6 Å². The number of hydrogen-bond donors (Lipinski definition) is 1. The van der Waals surface area contributed by atoms with Crippen molar-refractivity contribution in [2.75, 3.05) is 34.5 Å². The number of amides is 2. The minimum Gasteiger partial charge on any atom is -0.493 e. The van der Waals surface area contributed by atoms with Gasteiger partial charge in [-0.05, 0) is 76.7 Å². The Morgan fingerprint density at radius 1 is 1.00 bits per heavy atom. The van der Waals surface area contributed by atoms with Crippen LogP contribution in [0.4, 0.5) is 4.79 Å². The van der Waals surface area contributed by atoms with Crippen LogP contribution in [0, 0.1) is 0 Å². The van der Waals surface area contributed by atoms with Gasteiger partial charge in [0.05, 0.1) is 52.1 Å². The Kier molecular flexibility index (Phi) is 8.65. The van der Waals surface area contributed by atoms with Gasteiger partial charge in [-0.25, -0.2) is 4.79 Å². The lowest BCUT2D eigenvalue weighted by atomic mass is 9.71. The Balaban J connectivity index is 1.55. The van der Waals surface area contributed by atoms with E-state index in [1.165, 1.54) is 7.11 Å². The topological polar surface area (TPSA) is 109 Å². The molecular formula is C35H40N2O8. The maximum atomic E-state index is 14.1. The number of nitrogens with zero attached hydrogens (tertiary/aromatic N) is 1. The van der Waals surface area contributed by atoms with Gasteiger partial charge in [0.1, 0.15) is 19.0 Å². The molecule has 3 aliphatic rings. The fourth-order valence-corrected chi connectivity index (χ4v) is 7.00. The number of carbonyl (C=O) groups excluding carboxylic acids is 2.